The Hall–Kier alpha value is -2.34. The van der Waals surface area contributed by atoms with Gasteiger partial charge in [0.25, 0.3) is 5.91 Å². The van der Waals surface area contributed by atoms with Gasteiger partial charge >= 0.3 is 6.03 Å². The van der Waals surface area contributed by atoms with E-state index in [0.29, 0.717) is 16.3 Å². The summed E-state index contributed by atoms with van der Waals surface area (Å²) in [6.07, 6.45) is 2.99. The second-order valence-electron chi connectivity index (χ2n) is 5.19. The number of nitrogens with two attached hydrogens (primary N) is 1. The Morgan fingerprint density at radius 2 is 1.83 bits per heavy atom. The first-order chi connectivity index (χ1) is 11.0. The molecule has 0 saturated carbocycles. The van der Waals surface area contributed by atoms with E-state index in [-0.39, 0.29) is 5.91 Å². The van der Waals surface area contributed by atoms with Crippen LogP contribution in [0.1, 0.15) is 40.4 Å². The van der Waals surface area contributed by atoms with E-state index in [4.69, 9.17) is 5.73 Å². The van der Waals surface area contributed by atoms with Gasteiger partial charge in [0.1, 0.15) is 0 Å². The third-order valence-corrected chi connectivity index (χ3v) is 4.60. The van der Waals surface area contributed by atoms with Crippen molar-refractivity contribution in [3.05, 3.63) is 45.6 Å². The number of carbonyl (C=O) groups excluding carboxylic acids is 2. The maximum absolute atomic E-state index is 12.4. The maximum Gasteiger partial charge on any atom is 0.316 e. The van der Waals surface area contributed by atoms with E-state index in [1.165, 1.54) is 10.4 Å². The van der Waals surface area contributed by atoms with Gasteiger partial charge in [0.2, 0.25) is 0 Å². The van der Waals surface area contributed by atoms with E-state index in [1.54, 1.807) is 35.6 Å². The summed E-state index contributed by atoms with van der Waals surface area (Å²) in [5.41, 5.74) is 7.50. The zero-order valence-corrected chi connectivity index (χ0v) is 14.1. The molecular formula is C17H21N3O2S. The number of nitrogens with one attached hydrogen (secondary N) is 2. The molecule has 1 heterocycles. The first kappa shape index (κ1) is 17.0. The molecule has 0 fully saturated rings. The fraction of sp³-hybridized carbons (Fsp3) is 0.294. The number of hydrogen-bond donors (Lipinski definition) is 3. The fourth-order valence-electron chi connectivity index (χ4n) is 2.33. The van der Waals surface area contributed by atoms with Crippen molar-refractivity contribution in [2.45, 2.75) is 33.1 Å². The van der Waals surface area contributed by atoms with Crippen LogP contribution in [0.3, 0.4) is 0 Å². The van der Waals surface area contributed by atoms with Crippen LogP contribution >= 0.6 is 11.3 Å². The number of amides is 3. The second kappa shape index (κ2) is 7.78. The molecule has 2 rings (SSSR count). The van der Waals surface area contributed by atoms with Crippen LogP contribution in [0.25, 0.3) is 0 Å². The van der Waals surface area contributed by atoms with E-state index >= 15 is 0 Å². The molecule has 0 atom stereocenters. The monoisotopic (exact) mass is 331 g/mol. The lowest BCUT2D eigenvalue weighted by Crippen LogP contribution is -2.19. The molecule has 6 heteroatoms. The van der Waals surface area contributed by atoms with Crippen molar-refractivity contribution in [1.82, 2.24) is 0 Å². The van der Waals surface area contributed by atoms with Gasteiger partial charge < -0.3 is 16.4 Å². The Morgan fingerprint density at radius 1 is 1.13 bits per heavy atom. The third-order valence-electron chi connectivity index (χ3n) is 3.37. The van der Waals surface area contributed by atoms with Gasteiger partial charge in [0.15, 0.2) is 0 Å². The lowest BCUT2D eigenvalue weighted by molar-refractivity contribution is 0.103. The molecule has 0 spiro atoms. The molecule has 0 saturated heterocycles. The number of aryl methyl sites for hydroxylation is 2. The molecule has 23 heavy (non-hydrogen) atoms. The largest absolute Gasteiger partial charge is 0.351 e. The van der Waals surface area contributed by atoms with Crippen LogP contribution in [0.5, 0.6) is 0 Å². The lowest BCUT2D eigenvalue weighted by Gasteiger charge is -2.06. The molecule has 0 bridgehead atoms. The zero-order chi connectivity index (χ0) is 16.8. The van der Waals surface area contributed by atoms with Crippen molar-refractivity contribution < 1.29 is 9.59 Å². The van der Waals surface area contributed by atoms with Gasteiger partial charge in [-0.15, -0.1) is 11.3 Å². The number of benzene rings is 1. The predicted molar refractivity (Wildman–Crippen MR) is 95.3 cm³/mol. The number of primary amides is 1. The van der Waals surface area contributed by atoms with Crippen LogP contribution in [0.2, 0.25) is 0 Å². The fourth-order valence-corrected chi connectivity index (χ4v) is 3.58. The van der Waals surface area contributed by atoms with Crippen LogP contribution < -0.4 is 16.4 Å². The minimum absolute atomic E-state index is 0.136. The standard InChI is InChI=1S/C17H21N3O2S/c1-3-6-14-11(4-2)9-15(23-14)16(21)19-12-7-5-8-13(10-12)20-17(18)22/h5,7-10H,3-4,6H2,1-2H3,(H,19,21)(H3,18,20,22). The van der Waals surface area contributed by atoms with Gasteiger partial charge in [-0.1, -0.05) is 26.3 Å². The summed E-state index contributed by atoms with van der Waals surface area (Å²) < 4.78 is 0. The number of rotatable bonds is 6. The summed E-state index contributed by atoms with van der Waals surface area (Å²) >= 11 is 1.55. The first-order valence-corrected chi connectivity index (χ1v) is 8.44. The summed E-state index contributed by atoms with van der Waals surface area (Å²) in [5.74, 6) is -0.136. The predicted octanol–water partition coefficient (Wildman–Crippen LogP) is 4.01. The molecule has 3 amide bonds. The van der Waals surface area contributed by atoms with E-state index < -0.39 is 6.03 Å². The summed E-state index contributed by atoms with van der Waals surface area (Å²) in [5, 5.41) is 5.35. The smallest absolute Gasteiger partial charge is 0.316 e. The molecule has 0 radical (unpaired) electrons. The van der Waals surface area contributed by atoms with Crippen LogP contribution in [0.4, 0.5) is 16.2 Å². The highest BCUT2D eigenvalue weighted by atomic mass is 32.1. The summed E-state index contributed by atoms with van der Waals surface area (Å²) in [6.45, 7) is 4.23. The van der Waals surface area contributed by atoms with Gasteiger partial charge in [-0.05, 0) is 42.7 Å². The average Bonchev–Trinajstić information content (AvgIpc) is 2.90. The SMILES string of the molecule is CCCc1sc(C(=O)Nc2cccc(NC(N)=O)c2)cc1CC. The molecule has 1 aromatic heterocycles. The van der Waals surface area contributed by atoms with Crippen molar-refractivity contribution in [2.24, 2.45) is 5.73 Å². The van der Waals surface area contributed by atoms with E-state index in [1.807, 2.05) is 6.07 Å². The Bertz CT molecular complexity index is 710. The van der Waals surface area contributed by atoms with E-state index in [9.17, 15) is 9.59 Å². The maximum atomic E-state index is 12.4. The average molecular weight is 331 g/mol. The quantitative estimate of drug-likeness (QED) is 0.747. The minimum atomic E-state index is -0.636. The summed E-state index contributed by atoms with van der Waals surface area (Å²) in [6, 6.07) is 8.23. The normalized spacial score (nSPS) is 10.3. The molecule has 122 valence electrons. The zero-order valence-electron chi connectivity index (χ0n) is 13.3. The summed E-state index contributed by atoms with van der Waals surface area (Å²) in [4.78, 5) is 25.3. The highest BCUT2D eigenvalue weighted by Crippen LogP contribution is 2.26. The van der Waals surface area contributed by atoms with Crippen molar-refractivity contribution in [2.75, 3.05) is 10.6 Å². The van der Waals surface area contributed by atoms with Crippen LogP contribution in [0.15, 0.2) is 30.3 Å². The Kier molecular flexibility index (Phi) is 5.76. The molecule has 0 aliphatic heterocycles. The number of thiophene rings is 1. The lowest BCUT2D eigenvalue weighted by atomic mass is 10.1. The van der Waals surface area contributed by atoms with Gasteiger partial charge in [0, 0.05) is 16.3 Å². The number of hydrogen-bond acceptors (Lipinski definition) is 3. The molecule has 2 aromatic rings. The molecule has 5 nitrogen and oxygen atoms in total. The highest BCUT2D eigenvalue weighted by Gasteiger charge is 2.13. The number of urea groups is 1. The van der Waals surface area contributed by atoms with Crippen LogP contribution in [-0.4, -0.2) is 11.9 Å². The Morgan fingerprint density at radius 3 is 2.43 bits per heavy atom. The number of carbonyl (C=O) groups is 2. The van der Waals surface area contributed by atoms with Gasteiger partial charge in [-0.25, -0.2) is 4.79 Å². The van der Waals surface area contributed by atoms with Gasteiger partial charge in [0.05, 0.1) is 4.88 Å². The molecule has 0 aliphatic rings. The minimum Gasteiger partial charge on any atom is -0.351 e. The van der Waals surface area contributed by atoms with E-state index in [2.05, 4.69) is 24.5 Å². The molecule has 0 aliphatic carbocycles. The Balaban J connectivity index is 2.14. The molecule has 1 aromatic carbocycles. The molecule has 0 unspecified atom stereocenters. The topological polar surface area (TPSA) is 84.2 Å². The Labute approximate surface area is 139 Å². The van der Waals surface area contributed by atoms with E-state index in [0.717, 1.165) is 19.3 Å². The molecular weight excluding hydrogens is 310 g/mol. The number of anilines is 2. The van der Waals surface area contributed by atoms with Crippen molar-refractivity contribution in [3.63, 3.8) is 0 Å². The van der Waals surface area contributed by atoms with Gasteiger partial charge in [-0.3, -0.25) is 4.79 Å². The first-order valence-electron chi connectivity index (χ1n) is 7.63. The van der Waals surface area contributed by atoms with Gasteiger partial charge in [-0.2, -0.15) is 0 Å². The third kappa shape index (κ3) is 4.56. The molecule has 4 N–H and O–H groups in total. The highest BCUT2D eigenvalue weighted by molar-refractivity contribution is 7.14. The van der Waals surface area contributed by atoms with Crippen molar-refractivity contribution in [3.8, 4) is 0 Å². The van der Waals surface area contributed by atoms with Crippen molar-refractivity contribution >= 4 is 34.6 Å². The van der Waals surface area contributed by atoms with Crippen LogP contribution in [-0.2, 0) is 12.8 Å². The second-order valence-corrected chi connectivity index (χ2v) is 6.32. The van der Waals surface area contributed by atoms with Crippen LogP contribution in [0, 0.1) is 0 Å². The van der Waals surface area contributed by atoms with Crippen molar-refractivity contribution in [1.29, 1.82) is 0 Å². The summed E-state index contributed by atoms with van der Waals surface area (Å²) in [7, 11) is 0.